The third kappa shape index (κ3) is 2.92. The van der Waals surface area contributed by atoms with Crippen molar-refractivity contribution in [2.45, 2.75) is 64.6 Å². The molecule has 3 heteroatoms. The lowest BCUT2D eigenvalue weighted by atomic mass is 9.98. The van der Waals surface area contributed by atoms with Gasteiger partial charge in [0.15, 0.2) is 12.1 Å². The zero-order valence-corrected chi connectivity index (χ0v) is 9.90. The number of hydrogen-bond donors (Lipinski definition) is 1. The molecule has 0 amide bonds. The van der Waals surface area contributed by atoms with Gasteiger partial charge in [0.25, 0.3) is 0 Å². The molecule has 3 nitrogen and oxygen atoms in total. The van der Waals surface area contributed by atoms with Gasteiger partial charge in [-0.05, 0) is 58.3 Å². The minimum Gasteiger partial charge on any atom is -0.366 e. The summed E-state index contributed by atoms with van der Waals surface area (Å²) >= 11 is 0. The van der Waals surface area contributed by atoms with E-state index in [0.717, 1.165) is 11.8 Å². The second-order valence-corrected chi connectivity index (χ2v) is 5.48. The van der Waals surface area contributed by atoms with Crippen LogP contribution in [-0.4, -0.2) is 23.3 Å². The maximum atomic E-state index is 9.49. The molecular weight excluding hydrogens is 192 g/mol. The molecule has 2 bridgehead atoms. The molecule has 1 N–H and O–H groups in total. The topological polar surface area (TPSA) is 38.7 Å². The zero-order valence-electron chi connectivity index (χ0n) is 9.90. The first-order valence-electron chi connectivity index (χ1n) is 6.00. The standard InChI is InChI=1S/C12H22O3/c1-8(15-12(2,3)13)14-11-7-9-4-5-10(11)6-9/h8-11,13H,4-7H2,1-3H3. The summed E-state index contributed by atoms with van der Waals surface area (Å²) in [5.41, 5.74) is 0. The Balaban J connectivity index is 1.77. The lowest BCUT2D eigenvalue weighted by molar-refractivity contribution is -0.282. The Morgan fingerprint density at radius 2 is 2.00 bits per heavy atom. The second kappa shape index (κ2) is 4.04. The first-order valence-corrected chi connectivity index (χ1v) is 6.00. The van der Waals surface area contributed by atoms with Crippen molar-refractivity contribution in [2.75, 3.05) is 0 Å². The number of aliphatic hydroxyl groups is 1. The molecule has 4 atom stereocenters. The molecule has 0 saturated heterocycles. The lowest BCUT2D eigenvalue weighted by Gasteiger charge is -2.29. The van der Waals surface area contributed by atoms with Gasteiger partial charge in [-0.15, -0.1) is 0 Å². The first-order chi connectivity index (χ1) is 6.94. The van der Waals surface area contributed by atoms with Gasteiger partial charge in [-0.2, -0.15) is 0 Å². The van der Waals surface area contributed by atoms with Crippen molar-refractivity contribution in [2.24, 2.45) is 11.8 Å². The van der Waals surface area contributed by atoms with Crippen LogP contribution in [0.1, 0.15) is 46.5 Å². The average Bonchev–Trinajstić information content (AvgIpc) is 2.60. The van der Waals surface area contributed by atoms with Crippen LogP contribution in [-0.2, 0) is 9.47 Å². The Hall–Kier alpha value is -0.120. The molecule has 2 aliphatic rings. The molecule has 2 saturated carbocycles. The molecule has 0 heterocycles. The minimum absolute atomic E-state index is 0.311. The molecule has 0 aliphatic heterocycles. The van der Waals surface area contributed by atoms with Crippen LogP contribution in [0.2, 0.25) is 0 Å². The molecule has 0 radical (unpaired) electrons. The molecule has 4 unspecified atom stereocenters. The van der Waals surface area contributed by atoms with Crippen LogP contribution in [0.25, 0.3) is 0 Å². The molecule has 0 aromatic heterocycles. The Morgan fingerprint density at radius 3 is 2.47 bits per heavy atom. The maximum Gasteiger partial charge on any atom is 0.162 e. The van der Waals surface area contributed by atoms with Gasteiger partial charge in [0.1, 0.15) is 0 Å². The Kier molecular flexibility index (Phi) is 3.06. The second-order valence-electron chi connectivity index (χ2n) is 5.48. The van der Waals surface area contributed by atoms with Crippen molar-refractivity contribution in [1.82, 2.24) is 0 Å². The normalized spacial score (nSPS) is 37.2. The van der Waals surface area contributed by atoms with Gasteiger partial charge in [-0.3, -0.25) is 0 Å². The number of ether oxygens (including phenoxy) is 2. The van der Waals surface area contributed by atoms with Gasteiger partial charge >= 0.3 is 0 Å². The fourth-order valence-corrected chi connectivity index (χ4v) is 3.03. The third-order valence-corrected chi connectivity index (χ3v) is 3.49. The summed E-state index contributed by atoms with van der Waals surface area (Å²) in [6.45, 7) is 5.13. The SMILES string of the molecule is CC(OC1CC2CCC1C2)OC(C)(C)O. The van der Waals surface area contributed by atoms with E-state index in [1.165, 1.54) is 25.7 Å². The molecule has 0 aromatic rings. The highest BCUT2D eigenvalue weighted by Crippen LogP contribution is 2.46. The van der Waals surface area contributed by atoms with Crippen LogP contribution in [0.5, 0.6) is 0 Å². The van der Waals surface area contributed by atoms with Gasteiger partial charge in [0, 0.05) is 0 Å². The van der Waals surface area contributed by atoms with Crippen LogP contribution in [0.15, 0.2) is 0 Å². The first kappa shape index (κ1) is 11.4. The van der Waals surface area contributed by atoms with E-state index >= 15 is 0 Å². The van der Waals surface area contributed by atoms with E-state index in [2.05, 4.69) is 0 Å². The van der Waals surface area contributed by atoms with Crippen molar-refractivity contribution in [3.8, 4) is 0 Å². The number of rotatable bonds is 4. The quantitative estimate of drug-likeness (QED) is 0.730. The van der Waals surface area contributed by atoms with Gasteiger partial charge in [0.05, 0.1) is 6.10 Å². The Labute approximate surface area is 91.8 Å². The Morgan fingerprint density at radius 1 is 1.27 bits per heavy atom. The molecule has 15 heavy (non-hydrogen) atoms. The van der Waals surface area contributed by atoms with E-state index in [1.807, 2.05) is 6.92 Å². The number of fused-ring (bicyclic) bond motifs is 2. The van der Waals surface area contributed by atoms with Crippen molar-refractivity contribution in [3.63, 3.8) is 0 Å². The van der Waals surface area contributed by atoms with E-state index in [-0.39, 0.29) is 6.29 Å². The summed E-state index contributed by atoms with van der Waals surface area (Å²) in [6, 6.07) is 0. The average molecular weight is 214 g/mol. The maximum absolute atomic E-state index is 9.49. The van der Waals surface area contributed by atoms with Crippen LogP contribution in [0, 0.1) is 11.8 Å². The number of hydrogen-bond acceptors (Lipinski definition) is 3. The highest BCUT2D eigenvalue weighted by molar-refractivity contribution is 4.90. The van der Waals surface area contributed by atoms with Gasteiger partial charge in [0.2, 0.25) is 0 Å². The Bertz CT molecular complexity index is 221. The van der Waals surface area contributed by atoms with E-state index in [0.29, 0.717) is 6.10 Å². The molecule has 88 valence electrons. The molecule has 2 aliphatic carbocycles. The largest absolute Gasteiger partial charge is 0.366 e. The van der Waals surface area contributed by atoms with Crippen molar-refractivity contribution < 1.29 is 14.6 Å². The summed E-state index contributed by atoms with van der Waals surface area (Å²) in [4.78, 5) is 0. The van der Waals surface area contributed by atoms with E-state index in [1.54, 1.807) is 13.8 Å². The summed E-state index contributed by atoms with van der Waals surface area (Å²) < 4.78 is 11.2. The predicted octanol–water partition coefficient (Wildman–Crippen LogP) is 2.28. The van der Waals surface area contributed by atoms with Crippen LogP contribution < -0.4 is 0 Å². The fourth-order valence-electron chi connectivity index (χ4n) is 3.03. The summed E-state index contributed by atoms with van der Waals surface area (Å²) in [7, 11) is 0. The van der Waals surface area contributed by atoms with Crippen molar-refractivity contribution in [3.05, 3.63) is 0 Å². The van der Waals surface area contributed by atoms with Crippen molar-refractivity contribution in [1.29, 1.82) is 0 Å². The highest BCUT2D eigenvalue weighted by atomic mass is 16.7. The van der Waals surface area contributed by atoms with E-state index in [9.17, 15) is 5.11 Å². The highest BCUT2D eigenvalue weighted by Gasteiger charge is 2.41. The predicted molar refractivity (Wildman–Crippen MR) is 57.2 cm³/mol. The van der Waals surface area contributed by atoms with E-state index in [4.69, 9.17) is 9.47 Å². The zero-order chi connectivity index (χ0) is 11.1. The molecule has 2 fully saturated rings. The van der Waals surface area contributed by atoms with Crippen LogP contribution in [0.4, 0.5) is 0 Å². The van der Waals surface area contributed by atoms with Gasteiger partial charge in [-0.1, -0.05) is 0 Å². The van der Waals surface area contributed by atoms with Gasteiger partial charge < -0.3 is 14.6 Å². The van der Waals surface area contributed by atoms with Crippen LogP contribution in [0.3, 0.4) is 0 Å². The minimum atomic E-state index is -1.10. The van der Waals surface area contributed by atoms with Crippen LogP contribution >= 0.6 is 0 Å². The summed E-state index contributed by atoms with van der Waals surface area (Å²) in [5, 5.41) is 9.49. The summed E-state index contributed by atoms with van der Waals surface area (Å²) in [6.07, 6.45) is 5.26. The van der Waals surface area contributed by atoms with Gasteiger partial charge in [-0.25, -0.2) is 0 Å². The smallest absolute Gasteiger partial charge is 0.162 e. The fraction of sp³-hybridized carbons (Fsp3) is 1.00. The summed E-state index contributed by atoms with van der Waals surface area (Å²) in [5.74, 6) is 0.522. The third-order valence-electron chi connectivity index (χ3n) is 3.49. The lowest BCUT2D eigenvalue weighted by Crippen LogP contribution is -2.34. The molecular formula is C12H22O3. The molecule has 2 rings (SSSR count). The molecule has 0 spiro atoms. The van der Waals surface area contributed by atoms with E-state index < -0.39 is 5.79 Å². The van der Waals surface area contributed by atoms with Crippen molar-refractivity contribution >= 4 is 0 Å². The monoisotopic (exact) mass is 214 g/mol. The molecule has 0 aromatic carbocycles.